The van der Waals surface area contributed by atoms with Crippen molar-refractivity contribution in [3.8, 4) is 11.3 Å². The first kappa shape index (κ1) is 41.4. The molecule has 1 aromatic carbocycles. The van der Waals surface area contributed by atoms with E-state index in [1.165, 1.54) is 25.8 Å². The molecule has 2 saturated heterocycles. The molecule has 3 amide bonds. The summed E-state index contributed by atoms with van der Waals surface area (Å²) in [6.07, 6.45) is -0.527. The smallest absolute Gasteiger partial charge is 0.443 e. The number of carbonyl (C=O) groups excluding carboxylic acids is 3. The van der Waals surface area contributed by atoms with Crippen LogP contribution >= 0.6 is 0 Å². The third-order valence-electron chi connectivity index (χ3n) is 9.04. The summed E-state index contributed by atoms with van der Waals surface area (Å²) < 4.78 is 56.6. The first-order chi connectivity index (χ1) is 25.0. The van der Waals surface area contributed by atoms with E-state index in [1.807, 2.05) is 42.6 Å². The van der Waals surface area contributed by atoms with Crippen molar-refractivity contribution in [3.63, 3.8) is 0 Å². The summed E-state index contributed by atoms with van der Waals surface area (Å²) in [4.78, 5) is 43.2. The fourth-order valence-electron chi connectivity index (χ4n) is 6.18. The lowest BCUT2D eigenvalue weighted by Crippen LogP contribution is -2.60. The van der Waals surface area contributed by atoms with Crippen LogP contribution in [0.4, 0.5) is 18.0 Å². The van der Waals surface area contributed by atoms with Gasteiger partial charge in [-0.3, -0.25) is 20.0 Å². The lowest BCUT2D eigenvalue weighted by atomic mass is 9.86. The van der Waals surface area contributed by atoms with E-state index in [0.717, 1.165) is 23.3 Å². The number of alkyl carbamates (subject to hydrolysis) is 1. The molecule has 53 heavy (non-hydrogen) atoms. The molecule has 1 aromatic heterocycles. The number of aromatic nitrogens is 1. The van der Waals surface area contributed by atoms with Crippen molar-refractivity contribution in [3.05, 3.63) is 78.5 Å². The molecule has 2 aliphatic heterocycles. The Morgan fingerprint density at radius 2 is 1.83 bits per heavy atom. The van der Waals surface area contributed by atoms with Crippen molar-refractivity contribution in [1.82, 2.24) is 26.1 Å². The highest BCUT2D eigenvalue weighted by atomic mass is 19.4. The number of aliphatic hydroxyl groups excluding tert-OH is 1. The molecule has 0 aliphatic carbocycles. The number of halogens is 3. The molecule has 290 valence electrons. The number of allylic oxidation sites excluding steroid dienone is 2. The SMILES string of the molecule is C=CCC/C=C(\C)CC(NC(=O)OC1COC2OCCC12)C(O)CN(Cc1ccc(-c2ccccn2)cc1)NC(=O)C(NC(=O)C(F)(F)F)C(C)(C)C. The van der Waals surface area contributed by atoms with E-state index >= 15 is 0 Å². The highest BCUT2D eigenvalue weighted by molar-refractivity contribution is 5.90. The van der Waals surface area contributed by atoms with Crippen LogP contribution in [0.1, 0.15) is 58.9 Å². The van der Waals surface area contributed by atoms with E-state index in [1.54, 1.807) is 30.5 Å². The van der Waals surface area contributed by atoms with E-state index in [0.29, 0.717) is 25.0 Å². The number of hydrogen-bond acceptors (Lipinski definition) is 9. The summed E-state index contributed by atoms with van der Waals surface area (Å²) >= 11 is 0. The highest BCUT2D eigenvalue weighted by Gasteiger charge is 2.45. The van der Waals surface area contributed by atoms with Crippen molar-refractivity contribution in [2.24, 2.45) is 11.3 Å². The van der Waals surface area contributed by atoms with E-state index in [4.69, 9.17) is 14.2 Å². The standard InChI is InChI=1S/C38H50F3N5O7/c1-6-7-8-11-24(2)20-29(43-36(50)53-31-23-52-34-27(31)17-19-51-34)30(47)22-46(21-25-13-15-26(16-14-25)28-12-9-10-18-42-28)45-33(48)32(37(3,4)5)44-35(49)38(39,40)41/h6,9-16,18,27,29-32,34,47H,1,7-8,17,19-23H2,2-5H3,(H,43,50)(H,44,49)(H,45,48)/b24-11+. The fraction of sp³-hybridized carbons (Fsp3) is 0.526. The molecule has 12 nitrogen and oxygen atoms in total. The molecule has 2 aromatic rings. The van der Waals surface area contributed by atoms with Gasteiger partial charge in [-0.15, -0.1) is 6.58 Å². The molecule has 15 heteroatoms. The Morgan fingerprint density at radius 1 is 1.09 bits per heavy atom. The third-order valence-corrected chi connectivity index (χ3v) is 9.04. The van der Waals surface area contributed by atoms with Gasteiger partial charge < -0.3 is 30.0 Å². The Balaban J connectivity index is 1.57. The number of hydrogen-bond donors (Lipinski definition) is 4. The minimum Gasteiger partial charge on any atom is -0.443 e. The van der Waals surface area contributed by atoms with Crippen LogP contribution in [0.5, 0.6) is 0 Å². The molecule has 0 saturated carbocycles. The monoisotopic (exact) mass is 745 g/mol. The number of benzene rings is 1. The molecule has 0 bridgehead atoms. The van der Waals surface area contributed by atoms with Gasteiger partial charge in [0.25, 0.3) is 5.91 Å². The topological polar surface area (TPSA) is 151 Å². The number of rotatable bonds is 16. The fourth-order valence-corrected chi connectivity index (χ4v) is 6.18. The number of hydrazine groups is 1. The zero-order valence-electron chi connectivity index (χ0n) is 30.5. The molecule has 4 rings (SSSR count). The van der Waals surface area contributed by atoms with Crippen LogP contribution in [0, 0.1) is 11.3 Å². The first-order valence-corrected chi connectivity index (χ1v) is 17.6. The van der Waals surface area contributed by atoms with E-state index in [2.05, 4.69) is 22.3 Å². The van der Waals surface area contributed by atoms with E-state index < -0.39 is 60.1 Å². The Morgan fingerprint density at radius 3 is 2.47 bits per heavy atom. The van der Waals surface area contributed by atoms with Gasteiger partial charge in [0.05, 0.1) is 37.0 Å². The molecular weight excluding hydrogens is 695 g/mol. The maximum atomic E-state index is 13.7. The second kappa shape index (κ2) is 18.6. The summed E-state index contributed by atoms with van der Waals surface area (Å²) in [5.41, 5.74) is 4.63. The Labute approximate surface area is 308 Å². The van der Waals surface area contributed by atoms with Crippen molar-refractivity contribution >= 4 is 17.9 Å². The van der Waals surface area contributed by atoms with E-state index in [-0.39, 0.29) is 32.0 Å². The van der Waals surface area contributed by atoms with Crippen molar-refractivity contribution < 1.29 is 46.9 Å². The van der Waals surface area contributed by atoms with Crippen molar-refractivity contribution in [2.45, 2.75) is 96.7 Å². The van der Waals surface area contributed by atoms with Gasteiger partial charge in [0.15, 0.2) is 6.29 Å². The van der Waals surface area contributed by atoms with Gasteiger partial charge >= 0.3 is 18.2 Å². The summed E-state index contributed by atoms with van der Waals surface area (Å²) in [5, 5.41) is 17.7. The molecule has 2 fully saturated rings. The van der Waals surface area contributed by atoms with Crippen LogP contribution in [0.15, 0.2) is 73.0 Å². The Bertz CT molecular complexity index is 1570. The number of carbonyl (C=O) groups is 3. The second-order valence-electron chi connectivity index (χ2n) is 14.4. The van der Waals surface area contributed by atoms with Crippen LogP contribution in [-0.2, 0) is 30.3 Å². The minimum absolute atomic E-state index is 0.00316. The van der Waals surface area contributed by atoms with Gasteiger partial charge in [-0.2, -0.15) is 13.2 Å². The number of pyridine rings is 1. The lowest BCUT2D eigenvalue weighted by molar-refractivity contribution is -0.175. The lowest BCUT2D eigenvalue weighted by Gasteiger charge is -2.35. The van der Waals surface area contributed by atoms with Gasteiger partial charge in [0.1, 0.15) is 12.1 Å². The Kier molecular flexibility index (Phi) is 14.6. The average molecular weight is 746 g/mol. The normalized spacial score (nSPS) is 20.6. The molecule has 2 aliphatic rings. The zero-order chi connectivity index (χ0) is 38.8. The number of amides is 3. The predicted molar refractivity (Wildman–Crippen MR) is 190 cm³/mol. The molecular formula is C38H50F3N5O7. The van der Waals surface area contributed by atoms with Crippen LogP contribution in [0.25, 0.3) is 11.3 Å². The number of alkyl halides is 3. The number of ether oxygens (including phenoxy) is 3. The molecule has 3 heterocycles. The van der Waals surface area contributed by atoms with Gasteiger partial charge in [0, 0.05) is 24.8 Å². The molecule has 6 atom stereocenters. The minimum atomic E-state index is -5.21. The maximum absolute atomic E-state index is 13.7. The summed E-state index contributed by atoms with van der Waals surface area (Å²) in [6, 6.07) is 10.3. The maximum Gasteiger partial charge on any atom is 0.471 e. The molecule has 0 radical (unpaired) electrons. The summed E-state index contributed by atoms with van der Waals surface area (Å²) in [7, 11) is 0. The second-order valence-corrected chi connectivity index (χ2v) is 14.4. The van der Waals surface area contributed by atoms with Gasteiger partial charge in [-0.05, 0) is 55.7 Å². The highest BCUT2D eigenvalue weighted by Crippen LogP contribution is 2.33. The molecule has 0 spiro atoms. The number of fused-ring (bicyclic) bond motifs is 1. The van der Waals surface area contributed by atoms with Crippen LogP contribution in [-0.4, -0.2) is 89.5 Å². The number of nitrogens with zero attached hydrogens (tertiary/aromatic N) is 2. The van der Waals surface area contributed by atoms with Gasteiger partial charge in [-0.1, -0.05) is 68.8 Å². The molecule has 6 unspecified atom stereocenters. The summed E-state index contributed by atoms with van der Waals surface area (Å²) in [6.45, 7) is 10.6. The van der Waals surface area contributed by atoms with Crippen LogP contribution in [0.2, 0.25) is 0 Å². The van der Waals surface area contributed by atoms with Crippen molar-refractivity contribution in [2.75, 3.05) is 19.8 Å². The van der Waals surface area contributed by atoms with Gasteiger partial charge in [0.2, 0.25) is 0 Å². The van der Waals surface area contributed by atoms with Crippen molar-refractivity contribution in [1.29, 1.82) is 0 Å². The average Bonchev–Trinajstić information content (AvgIpc) is 3.72. The summed E-state index contributed by atoms with van der Waals surface area (Å²) in [5.74, 6) is -3.28. The Hall–Kier alpha value is -4.31. The van der Waals surface area contributed by atoms with Crippen LogP contribution < -0.4 is 16.1 Å². The van der Waals surface area contributed by atoms with E-state index in [9.17, 15) is 32.7 Å². The molecule has 4 N–H and O–H groups in total. The first-order valence-electron chi connectivity index (χ1n) is 17.6. The largest absolute Gasteiger partial charge is 0.471 e. The zero-order valence-corrected chi connectivity index (χ0v) is 30.5. The quantitative estimate of drug-likeness (QED) is 0.103. The number of nitrogens with one attached hydrogen (secondary N) is 3. The number of aliphatic hydroxyl groups is 1. The van der Waals surface area contributed by atoms with Gasteiger partial charge in [-0.25, -0.2) is 9.80 Å². The third kappa shape index (κ3) is 12.4. The van der Waals surface area contributed by atoms with Crippen LogP contribution in [0.3, 0.4) is 0 Å². The predicted octanol–water partition coefficient (Wildman–Crippen LogP) is 5.19. The number of unbranched alkanes of at least 4 members (excludes halogenated alkanes) is 1.